The molecular weight excluding hydrogens is 372 g/mol. The Morgan fingerprint density at radius 1 is 1.24 bits per heavy atom. The van der Waals surface area contributed by atoms with Crippen molar-refractivity contribution in [1.82, 2.24) is 28.9 Å². The Balaban J connectivity index is 1.82. The fourth-order valence-electron chi connectivity index (χ4n) is 4.12. The van der Waals surface area contributed by atoms with Crippen molar-refractivity contribution in [3.63, 3.8) is 0 Å². The summed E-state index contributed by atoms with van der Waals surface area (Å²) >= 11 is 0. The Hall–Kier alpha value is -3.04. The average Bonchev–Trinajstić information content (AvgIpc) is 3.30. The molecule has 0 saturated carbocycles. The van der Waals surface area contributed by atoms with Gasteiger partial charge in [0.05, 0.1) is 47.8 Å². The number of aromatic nitrogens is 6. The quantitative estimate of drug-likeness (QED) is 0.563. The maximum atomic E-state index is 13.3. The summed E-state index contributed by atoms with van der Waals surface area (Å²) in [5.74, 6) is 0. The highest BCUT2D eigenvalue weighted by molar-refractivity contribution is 6.00. The molecule has 0 spiro atoms. The summed E-state index contributed by atoms with van der Waals surface area (Å²) in [6.45, 7) is 1.36. The van der Waals surface area contributed by atoms with Crippen molar-refractivity contribution in [3.8, 4) is 11.3 Å². The van der Waals surface area contributed by atoms with Crippen LogP contribution >= 0.6 is 0 Å². The van der Waals surface area contributed by atoms with E-state index in [9.17, 15) is 9.90 Å². The van der Waals surface area contributed by atoms with E-state index < -0.39 is 0 Å². The van der Waals surface area contributed by atoms with Crippen LogP contribution in [0.1, 0.15) is 18.9 Å². The third kappa shape index (κ3) is 2.93. The summed E-state index contributed by atoms with van der Waals surface area (Å²) in [5, 5.41) is 13.7. The molecule has 1 saturated heterocycles. The molecule has 1 aliphatic heterocycles. The molecule has 4 aromatic rings. The van der Waals surface area contributed by atoms with Gasteiger partial charge in [-0.3, -0.25) is 18.8 Å². The minimum absolute atomic E-state index is 0.0353. The molecule has 9 nitrogen and oxygen atoms in total. The standard InChI is InChI=1S/C20H22N6O3/c1-24-12-13(10-22-24)15-2-3-16-18(23-15)19-17(11-21-16)25(6-7-27)20(28)26(19)14-4-8-29-9-5-14/h2-3,10-12,14,27H,4-9H2,1H3. The monoisotopic (exact) mass is 394 g/mol. The highest BCUT2D eigenvalue weighted by atomic mass is 16.5. The van der Waals surface area contributed by atoms with Gasteiger partial charge in [0, 0.05) is 38.1 Å². The second-order valence-corrected chi connectivity index (χ2v) is 7.33. The number of nitrogens with zero attached hydrogens (tertiary/aromatic N) is 6. The molecule has 1 N–H and O–H groups in total. The third-order valence-corrected chi connectivity index (χ3v) is 5.52. The summed E-state index contributed by atoms with van der Waals surface area (Å²) in [6, 6.07) is 3.87. The van der Waals surface area contributed by atoms with E-state index in [-0.39, 0.29) is 24.9 Å². The number of rotatable bonds is 4. The van der Waals surface area contributed by atoms with Crippen LogP contribution in [-0.2, 0) is 18.3 Å². The Morgan fingerprint density at radius 3 is 2.79 bits per heavy atom. The minimum atomic E-state index is -0.135. The van der Waals surface area contributed by atoms with E-state index in [1.165, 1.54) is 0 Å². The highest BCUT2D eigenvalue weighted by Gasteiger charge is 2.25. The topological polar surface area (TPSA) is 100.0 Å². The van der Waals surface area contributed by atoms with Crippen molar-refractivity contribution in [2.45, 2.75) is 25.4 Å². The van der Waals surface area contributed by atoms with E-state index in [2.05, 4.69) is 10.1 Å². The smallest absolute Gasteiger partial charge is 0.329 e. The van der Waals surface area contributed by atoms with Gasteiger partial charge >= 0.3 is 5.69 Å². The van der Waals surface area contributed by atoms with Gasteiger partial charge in [0.2, 0.25) is 0 Å². The van der Waals surface area contributed by atoms with Gasteiger partial charge in [-0.1, -0.05) is 0 Å². The number of fused-ring (bicyclic) bond motifs is 3. The molecule has 0 atom stereocenters. The van der Waals surface area contributed by atoms with Gasteiger partial charge in [-0.05, 0) is 25.0 Å². The van der Waals surface area contributed by atoms with E-state index >= 15 is 0 Å². The zero-order chi connectivity index (χ0) is 20.0. The Kier molecular flexibility index (Phi) is 4.40. The van der Waals surface area contributed by atoms with Crippen LogP contribution in [-0.4, -0.2) is 53.8 Å². The molecule has 0 aromatic carbocycles. The number of imidazole rings is 1. The summed E-state index contributed by atoms with van der Waals surface area (Å²) in [7, 11) is 1.86. The van der Waals surface area contributed by atoms with Gasteiger partial charge in [0.25, 0.3) is 0 Å². The molecule has 0 unspecified atom stereocenters. The first kappa shape index (κ1) is 18.0. The van der Waals surface area contributed by atoms with Gasteiger partial charge < -0.3 is 9.84 Å². The molecule has 5 rings (SSSR count). The average molecular weight is 394 g/mol. The molecular formula is C20H22N6O3. The van der Waals surface area contributed by atoms with Crippen molar-refractivity contribution < 1.29 is 9.84 Å². The summed E-state index contributed by atoms with van der Waals surface area (Å²) in [6.07, 6.45) is 6.92. The number of aryl methyl sites for hydroxylation is 1. The van der Waals surface area contributed by atoms with Crippen molar-refractivity contribution in [2.75, 3.05) is 19.8 Å². The first-order valence-corrected chi connectivity index (χ1v) is 9.75. The van der Waals surface area contributed by atoms with E-state index in [0.29, 0.717) is 24.2 Å². The first-order valence-electron chi connectivity index (χ1n) is 9.75. The third-order valence-electron chi connectivity index (χ3n) is 5.52. The van der Waals surface area contributed by atoms with Gasteiger partial charge in [-0.25, -0.2) is 9.78 Å². The number of ether oxygens (including phenoxy) is 1. The van der Waals surface area contributed by atoms with Crippen LogP contribution in [0.4, 0.5) is 0 Å². The summed E-state index contributed by atoms with van der Waals surface area (Å²) < 4.78 is 10.7. The number of hydrogen-bond acceptors (Lipinski definition) is 6. The fraction of sp³-hybridized carbons (Fsp3) is 0.400. The van der Waals surface area contributed by atoms with Crippen LogP contribution in [0.25, 0.3) is 33.3 Å². The van der Waals surface area contributed by atoms with Crippen molar-refractivity contribution in [1.29, 1.82) is 0 Å². The lowest BCUT2D eigenvalue weighted by Gasteiger charge is -2.23. The second-order valence-electron chi connectivity index (χ2n) is 7.33. The number of pyridine rings is 2. The second kappa shape index (κ2) is 7.09. The molecule has 0 amide bonds. The van der Waals surface area contributed by atoms with E-state index in [1.54, 1.807) is 21.6 Å². The summed E-state index contributed by atoms with van der Waals surface area (Å²) in [5.41, 5.74) is 4.42. The number of aliphatic hydroxyl groups excluding tert-OH is 1. The zero-order valence-electron chi connectivity index (χ0n) is 16.2. The normalized spacial score (nSPS) is 15.5. The van der Waals surface area contributed by atoms with Crippen LogP contribution in [0.3, 0.4) is 0 Å². The largest absolute Gasteiger partial charge is 0.395 e. The van der Waals surface area contributed by atoms with Crippen LogP contribution in [0.2, 0.25) is 0 Å². The van der Waals surface area contributed by atoms with Gasteiger partial charge in [-0.2, -0.15) is 5.10 Å². The van der Waals surface area contributed by atoms with E-state index in [1.807, 2.05) is 29.9 Å². The van der Waals surface area contributed by atoms with Crippen LogP contribution in [0, 0.1) is 0 Å². The maximum Gasteiger partial charge on any atom is 0.329 e. The Bertz CT molecular complexity index is 1250. The molecule has 0 aliphatic carbocycles. The van der Waals surface area contributed by atoms with Crippen LogP contribution < -0.4 is 5.69 Å². The van der Waals surface area contributed by atoms with Gasteiger partial charge in [0.1, 0.15) is 5.52 Å². The lowest BCUT2D eigenvalue weighted by molar-refractivity contribution is 0.0695. The molecule has 29 heavy (non-hydrogen) atoms. The molecule has 1 fully saturated rings. The summed E-state index contributed by atoms with van der Waals surface area (Å²) in [4.78, 5) is 22.7. The minimum Gasteiger partial charge on any atom is -0.395 e. The maximum absolute atomic E-state index is 13.3. The van der Waals surface area contributed by atoms with E-state index in [0.717, 1.165) is 35.1 Å². The molecule has 5 heterocycles. The van der Waals surface area contributed by atoms with Gasteiger partial charge in [0.15, 0.2) is 0 Å². The molecule has 1 aliphatic rings. The fourth-order valence-corrected chi connectivity index (χ4v) is 4.12. The Morgan fingerprint density at radius 2 is 2.07 bits per heavy atom. The van der Waals surface area contributed by atoms with Crippen LogP contribution in [0.5, 0.6) is 0 Å². The lowest BCUT2D eigenvalue weighted by Crippen LogP contribution is -2.31. The van der Waals surface area contributed by atoms with Crippen LogP contribution in [0.15, 0.2) is 35.5 Å². The number of hydrogen-bond donors (Lipinski definition) is 1. The van der Waals surface area contributed by atoms with Crippen molar-refractivity contribution in [3.05, 3.63) is 41.2 Å². The van der Waals surface area contributed by atoms with Gasteiger partial charge in [-0.15, -0.1) is 0 Å². The lowest BCUT2D eigenvalue weighted by atomic mass is 10.1. The predicted octanol–water partition coefficient (Wildman–Crippen LogP) is 1.49. The SMILES string of the molecule is Cn1cc(-c2ccc3ncc4c(c3n2)n(C2CCOCC2)c(=O)n4CCO)cn1. The molecule has 0 bridgehead atoms. The van der Waals surface area contributed by atoms with Crippen molar-refractivity contribution in [2.24, 2.45) is 7.05 Å². The molecule has 4 aromatic heterocycles. The molecule has 0 radical (unpaired) electrons. The zero-order valence-corrected chi connectivity index (χ0v) is 16.2. The molecule has 9 heteroatoms. The predicted molar refractivity (Wildman–Crippen MR) is 108 cm³/mol. The molecule has 150 valence electrons. The Labute approximate surface area is 166 Å². The number of aliphatic hydroxyl groups is 1. The first-order chi connectivity index (χ1) is 14.2. The highest BCUT2D eigenvalue weighted by Crippen LogP contribution is 2.30. The van der Waals surface area contributed by atoms with E-state index in [4.69, 9.17) is 9.72 Å². The van der Waals surface area contributed by atoms with Crippen molar-refractivity contribution >= 4 is 22.1 Å².